The normalized spacial score (nSPS) is 15.1. The van der Waals surface area contributed by atoms with E-state index in [-0.39, 0.29) is 28.1 Å². The number of aromatic nitrogens is 1. The summed E-state index contributed by atoms with van der Waals surface area (Å²) in [5.41, 5.74) is 0.830. The van der Waals surface area contributed by atoms with Crippen molar-refractivity contribution >= 4 is 27.9 Å². The van der Waals surface area contributed by atoms with Crippen LogP contribution in [-0.2, 0) is 7.05 Å². The topological polar surface area (TPSA) is 80.9 Å². The third kappa shape index (κ3) is 2.08. The first kappa shape index (κ1) is 16.3. The Balaban J connectivity index is 2.28. The maximum Gasteiger partial charge on any atom is 0.201 e. The Morgan fingerprint density at radius 1 is 1.15 bits per heavy atom. The monoisotopic (exact) mass is 353 g/mol. The Kier molecular flexibility index (Phi) is 3.25. The van der Waals surface area contributed by atoms with E-state index in [2.05, 4.69) is 0 Å². The highest BCUT2D eigenvalue weighted by atomic mass is 16.5. The number of benzene rings is 2. The maximum atomic E-state index is 13.1. The third-order valence-electron chi connectivity index (χ3n) is 4.76. The van der Waals surface area contributed by atoms with Crippen LogP contribution in [0.25, 0.3) is 27.9 Å². The van der Waals surface area contributed by atoms with Gasteiger partial charge >= 0.3 is 0 Å². The molecule has 0 atom stereocenters. The molecule has 0 fully saturated rings. The van der Waals surface area contributed by atoms with E-state index >= 15 is 0 Å². The van der Waals surface area contributed by atoms with Crippen molar-refractivity contribution in [2.24, 2.45) is 7.05 Å². The maximum absolute atomic E-state index is 13.1. The minimum atomic E-state index is -0.515. The summed E-state index contributed by atoms with van der Waals surface area (Å²) in [7, 11) is 3.20. The number of methoxy groups -OCH3 is 1. The van der Waals surface area contributed by atoms with E-state index in [1.54, 1.807) is 11.6 Å². The van der Waals surface area contributed by atoms with Gasteiger partial charge in [0.2, 0.25) is 5.43 Å². The molecule has 3 aromatic rings. The first-order valence-electron chi connectivity index (χ1n) is 8.22. The molecule has 134 valence electrons. The van der Waals surface area contributed by atoms with Crippen molar-refractivity contribution in [3.05, 3.63) is 40.1 Å². The molecule has 0 saturated carbocycles. The van der Waals surface area contributed by atoms with Crippen LogP contribution in [0.4, 0.5) is 0 Å². The summed E-state index contributed by atoms with van der Waals surface area (Å²) < 4.78 is 13.0. The molecule has 6 heteroatoms. The van der Waals surface area contributed by atoms with Crippen molar-refractivity contribution in [1.82, 2.24) is 4.57 Å². The lowest BCUT2D eigenvalue weighted by Crippen LogP contribution is -2.28. The van der Waals surface area contributed by atoms with E-state index in [0.29, 0.717) is 27.7 Å². The van der Waals surface area contributed by atoms with Crippen molar-refractivity contribution in [3.8, 4) is 23.0 Å². The van der Waals surface area contributed by atoms with Gasteiger partial charge in [-0.1, -0.05) is 0 Å². The first-order chi connectivity index (χ1) is 12.2. The van der Waals surface area contributed by atoms with Crippen molar-refractivity contribution in [1.29, 1.82) is 0 Å². The number of aryl methyl sites for hydroxylation is 1. The number of pyridine rings is 1. The van der Waals surface area contributed by atoms with Crippen molar-refractivity contribution < 1.29 is 19.7 Å². The van der Waals surface area contributed by atoms with Crippen LogP contribution in [0.1, 0.15) is 19.4 Å². The molecule has 4 rings (SSSR count). The quantitative estimate of drug-likeness (QED) is 0.656. The lowest BCUT2D eigenvalue weighted by molar-refractivity contribution is 0.159. The zero-order valence-electron chi connectivity index (χ0n) is 15.0. The van der Waals surface area contributed by atoms with Crippen LogP contribution in [0.2, 0.25) is 0 Å². The Bertz CT molecular complexity index is 1170. The van der Waals surface area contributed by atoms with Gasteiger partial charge in [-0.15, -0.1) is 0 Å². The lowest BCUT2D eigenvalue weighted by Gasteiger charge is -2.29. The van der Waals surface area contributed by atoms with Crippen LogP contribution >= 0.6 is 0 Å². The smallest absolute Gasteiger partial charge is 0.201 e. The zero-order chi connectivity index (χ0) is 18.8. The van der Waals surface area contributed by atoms with E-state index < -0.39 is 5.60 Å². The molecule has 0 amide bonds. The summed E-state index contributed by atoms with van der Waals surface area (Å²) in [6, 6.07) is 4.42. The second-order valence-corrected chi connectivity index (χ2v) is 6.97. The van der Waals surface area contributed by atoms with E-state index in [4.69, 9.17) is 9.47 Å². The molecule has 26 heavy (non-hydrogen) atoms. The number of rotatable bonds is 1. The first-order valence-corrected chi connectivity index (χ1v) is 8.22. The molecule has 0 spiro atoms. The number of hydrogen-bond acceptors (Lipinski definition) is 5. The fourth-order valence-electron chi connectivity index (χ4n) is 3.59. The van der Waals surface area contributed by atoms with Gasteiger partial charge in [-0.25, -0.2) is 0 Å². The largest absolute Gasteiger partial charge is 0.507 e. The number of aromatic hydroxyl groups is 2. The molecule has 2 heterocycles. The highest BCUT2D eigenvalue weighted by Crippen LogP contribution is 2.42. The van der Waals surface area contributed by atoms with E-state index in [1.807, 2.05) is 26.0 Å². The summed E-state index contributed by atoms with van der Waals surface area (Å²) in [5.74, 6) is 0.508. The highest BCUT2D eigenvalue weighted by molar-refractivity contribution is 6.03. The minimum absolute atomic E-state index is 0.0590. The molecule has 0 bridgehead atoms. The van der Waals surface area contributed by atoms with E-state index in [9.17, 15) is 15.0 Å². The molecule has 6 nitrogen and oxygen atoms in total. The Labute approximate surface area is 149 Å². The SMILES string of the molecule is COc1c(O)ccc2c(=O)c3c(O)cc4c(c3n(C)c12)C=CC(C)(C)O4. The Morgan fingerprint density at radius 3 is 2.58 bits per heavy atom. The van der Waals surface area contributed by atoms with Crippen LogP contribution in [0.3, 0.4) is 0 Å². The van der Waals surface area contributed by atoms with Crippen LogP contribution in [0.5, 0.6) is 23.0 Å². The van der Waals surface area contributed by atoms with Crippen molar-refractivity contribution in [2.75, 3.05) is 7.11 Å². The molecule has 1 aliphatic heterocycles. The van der Waals surface area contributed by atoms with Crippen molar-refractivity contribution in [2.45, 2.75) is 19.4 Å². The number of hydrogen-bond donors (Lipinski definition) is 2. The van der Waals surface area contributed by atoms with Gasteiger partial charge in [0.15, 0.2) is 11.5 Å². The van der Waals surface area contributed by atoms with Gasteiger partial charge in [-0.2, -0.15) is 0 Å². The predicted molar refractivity (Wildman–Crippen MR) is 100 cm³/mol. The fraction of sp³-hybridized carbons (Fsp3) is 0.250. The summed E-state index contributed by atoms with van der Waals surface area (Å²) in [5, 5.41) is 21.2. The number of nitrogens with zero attached hydrogens (tertiary/aromatic N) is 1. The van der Waals surface area contributed by atoms with Gasteiger partial charge in [0.05, 0.1) is 28.9 Å². The predicted octanol–water partition coefficient (Wildman–Crippen LogP) is 3.30. The van der Waals surface area contributed by atoms with Crippen LogP contribution in [0, 0.1) is 0 Å². The van der Waals surface area contributed by atoms with E-state index in [0.717, 1.165) is 0 Å². The molecule has 0 unspecified atom stereocenters. The molecular formula is C20H19NO5. The van der Waals surface area contributed by atoms with Crippen LogP contribution in [0.15, 0.2) is 29.1 Å². The Morgan fingerprint density at radius 2 is 1.88 bits per heavy atom. The van der Waals surface area contributed by atoms with Gasteiger partial charge in [0.1, 0.15) is 17.1 Å². The third-order valence-corrected chi connectivity index (χ3v) is 4.76. The molecule has 1 aromatic heterocycles. The highest BCUT2D eigenvalue weighted by Gasteiger charge is 2.27. The molecule has 1 aliphatic rings. The number of ether oxygens (including phenoxy) is 2. The molecular weight excluding hydrogens is 334 g/mol. The van der Waals surface area contributed by atoms with Gasteiger partial charge < -0.3 is 24.3 Å². The van der Waals surface area contributed by atoms with E-state index in [1.165, 1.54) is 25.3 Å². The summed E-state index contributed by atoms with van der Waals surface area (Å²) in [4.78, 5) is 13.1. The molecule has 0 saturated heterocycles. The van der Waals surface area contributed by atoms with Crippen LogP contribution < -0.4 is 14.9 Å². The average Bonchev–Trinajstić information content (AvgIpc) is 2.57. The number of phenols is 2. The van der Waals surface area contributed by atoms with Gasteiger partial charge in [-0.3, -0.25) is 4.79 Å². The second kappa shape index (κ2) is 5.17. The van der Waals surface area contributed by atoms with Gasteiger partial charge in [0.25, 0.3) is 0 Å². The van der Waals surface area contributed by atoms with Crippen LogP contribution in [-0.4, -0.2) is 27.5 Å². The fourth-order valence-corrected chi connectivity index (χ4v) is 3.59. The standard InChI is InChI=1S/C20H19NO5/c1-20(2)8-7-10-14(26-20)9-13(23)15-16(10)21(3)17-11(18(15)24)5-6-12(22)19(17)25-4/h5-9,22-23H,1-4H3. The van der Waals surface area contributed by atoms with Gasteiger partial charge in [0, 0.05) is 18.7 Å². The second-order valence-electron chi connectivity index (χ2n) is 6.97. The van der Waals surface area contributed by atoms with Gasteiger partial charge in [-0.05, 0) is 38.1 Å². The summed E-state index contributed by atoms with van der Waals surface area (Å²) in [6.07, 6.45) is 3.79. The number of phenolic OH excluding ortho intramolecular Hbond substituents is 2. The lowest BCUT2D eigenvalue weighted by atomic mass is 9.98. The van der Waals surface area contributed by atoms with Crippen molar-refractivity contribution in [3.63, 3.8) is 0 Å². The minimum Gasteiger partial charge on any atom is -0.507 e. The summed E-state index contributed by atoms with van der Waals surface area (Å²) >= 11 is 0. The number of fused-ring (bicyclic) bond motifs is 4. The zero-order valence-corrected chi connectivity index (χ0v) is 15.0. The molecule has 2 N–H and O–H groups in total. The summed E-state index contributed by atoms with van der Waals surface area (Å²) in [6.45, 7) is 3.82. The molecule has 2 aromatic carbocycles. The average molecular weight is 353 g/mol. The Hall–Kier alpha value is -3.15. The molecule has 0 aliphatic carbocycles. The molecule has 0 radical (unpaired) electrons.